The maximum absolute atomic E-state index is 5.84. The van der Waals surface area contributed by atoms with Crippen molar-refractivity contribution in [1.29, 1.82) is 0 Å². The molecular weight excluding hydrogens is 260 g/mol. The molecule has 3 heterocycles. The molecule has 3 N–H and O–H groups in total. The van der Waals surface area contributed by atoms with Gasteiger partial charge in [0.2, 0.25) is 0 Å². The van der Waals surface area contributed by atoms with Crippen molar-refractivity contribution in [3.05, 3.63) is 0 Å². The van der Waals surface area contributed by atoms with Crippen LogP contribution in [0.5, 0.6) is 5.75 Å². The molecule has 0 spiro atoms. The zero-order valence-electron chi connectivity index (χ0n) is 11.4. The molecule has 2 aliphatic heterocycles. The zero-order valence-corrected chi connectivity index (χ0v) is 12.2. The highest BCUT2D eigenvalue weighted by Gasteiger charge is 2.32. The number of nitrogens with one attached hydrogen (secondary N) is 1. The van der Waals surface area contributed by atoms with Gasteiger partial charge in [-0.25, -0.2) is 0 Å². The summed E-state index contributed by atoms with van der Waals surface area (Å²) in [5.74, 6) is 1.24. The van der Waals surface area contributed by atoms with Crippen LogP contribution in [0.25, 0.3) is 0 Å². The molecule has 2 saturated heterocycles. The maximum Gasteiger partial charge on any atom is 0.197 e. The molecule has 2 aliphatic rings. The van der Waals surface area contributed by atoms with Gasteiger partial charge >= 0.3 is 0 Å². The third-order valence-corrected chi connectivity index (χ3v) is 4.89. The zero-order chi connectivity index (χ0) is 13.2. The fraction of sp³-hybridized carbons (Fsp3) is 0.769. The Morgan fingerprint density at radius 1 is 1.47 bits per heavy atom. The molecule has 5 nitrogen and oxygen atoms in total. The van der Waals surface area contributed by atoms with Crippen molar-refractivity contribution in [2.45, 2.75) is 44.7 Å². The number of aromatic nitrogens is 1. The van der Waals surface area contributed by atoms with Gasteiger partial charge in [0.05, 0.1) is 6.61 Å². The summed E-state index contributed by atoms with van der Waals surface area (Å²) in [6.07, 6.45) is 5.12. The third kappa shape index (κ3) is 2.65. The van der Waals surface area contributed by atoms with Gasteiger partial charge in [-0.2, -0.15) is 4.37 Å². The Kier molecular flexibility index (Phi) is 3.79. The second-order valence-electron chi connectivity index (χ2n) is 5.36. The van der Waals surface area contributed by atoms with E-state index in [4.69, 9.17) is 10.5 Å². The van der Waals surface area contributed by atoms with Crippen molar-refractivity contribution < 1.29 is 4.74 Å². The molecule has 19 heavy (non-hydrogen) atoms. The minimum atomic E-state index is 0.507. The first-order valence-corrected chi connectivity index (χ1v) is 7.93. The van der Waals surface area contributed by atoms with E-state index in [-0.39, 0.29) is 0 Å². The lowest BCUT2D eigenvalue weighted by Gasteiger charge is -2.35. The smallest absolute Gasteiger partial charge is 0.197 e. The first-order valence-electron chi connectivity index (χ1n) is 7.16. The maximum atomic E-state index is 5.84. The Balaban J connectivity index is 1.65. The molecule has 0 aromatic carbocycles. The average molecular weight is 282 g/mol. The van der Waals surface area contributed by atoms with E-state index in [1.165, 1.54) is 50.3 Å². The van der Waals surface area contributed by atoms with Crippen LogP contribution >= 0.6 is 11.5 Å². The van der Waals surface area contributed by atoms with Gasteiger partial charge in [-0.3, -0.25) is 0 Å². The number of hydrogen-bond donors (Lipinski definition) is 2. The summed E-state index contributed by atoms with van der Waals surface area (Å²) in [4.78, 5) is 2.63. The standard InChI is InChI=1S/C13H22N4OS/c1-2-18-11-12(14)16-19-13(11)15-9-5-7-17-6-3-4-10(17)8-9/h9-10,15H,2-8H2,1H3,(H2,14,16). The fourth-order valence-corrected chi connectivity index (χ4v) is 3.95. The number of rotatable bonds is 4. The van der Waals surface area contributed by atoms with Crippen molar-refractivity contribution in [3.8, 4) is 5.75 Å². The van der Waals surface area contributed by atoms with E-state index in [9.17, 15) is 0 Å². The van der Waals surface area contributed by atoms with Gasteiger partial charge in [0.15, 0.2) is 16.6 Å². The Labute approximate surface area is 118 Å². The van der Waals surface area contributed by atoms with Crippen LogP contribution in [0.15, 0.2) is 0 Å². The first-order chi connectivity index (χ1) is 9.28. The van der Waals surface area contributed by atoms with Crippen molar-refractivity contribution in [2.75, 3.05) is 30.7 Å². The molecule has 2 atom stereocenters. The molecule has 6 heteroatoms. The van der Waals surface area contributed by atoms with Gasteiger partial charge in [0.25, 0.3) is 0 Å². The quantitative estimate of drug-likeness (QED) is 0.886. The van der Waals surface area contributed by atoms with Gasteiger partial charge in [-0.15, -0.1) is 0 Å². The van der Waals surface area contributed by atoms with E-state index in [0.717, 1.165) is 16.8 Å². The molecule has 2 unspecified atom stereocenters. The lowest BCUT2D eigenvalue weighted by Crippen LogP contribution is -2.42. The molecule has 1 aromatic rings. The number of piperidine rings is 1. The highest BCUT2D eigenvalue weighted by Crippen LogP contribution is 2.37. The number of anilines is 2. The van der Waals surface area contributed by atoms with Crippen LogP contribution in [-0.2, 0) is 0 Å². The number of nitrogens with zero attached hydrogens (tertiary/aromatic N) is 2. The molecule has 0 aliphatic carbocycles. The predicted octanol–water partition coefficient (Wildman–Crippen LogP) is 2.16. The predicted molar refractivity (Wildman–Crippen MR) is 78.9 cm³/mol. The second kappa shape index (κ2) is 5.54. The Morgan fingerprint density at radius 2 is 2.37 bits per heavy atom. The number of ether oxygens (including phenoxy) is 1. The van der Waals surface area contributed by atoms with E-state index in [1.807, 2.05) is 6.92 Å². The van der Waals surface area contributed by atoms with Gasteiger partial charge < -0.3 is 20.7 Å². The number of nitrogens with two attached hydrogens (primary N) is 1. The number of nitrogen functional groups attached to an aromatic ring is 1. The SMILES string of the molecule is CCOc1c(N)nsc1NC1CCN2CCCC2C1. The second-order valence-corrected chi connectivity index (χ2v) is 6.13. The molecular formula is C13H22N4OS. The summed E-state index contributed by atoms with van der Waals surface area (Å²) >= 11 is 1.41. The molecule has 3 rings (SSSR count). The van der Waals surface area contributed by atoms with Crippen molar-refractivity contribution >= 4 is 22.4 Å². The normalized spacial score (nSPS) is 27.2. The topological polar surface area (TPSA) is 63.4 Å². The summed E-state index contributed by atoms with van der Waals surface area (Å²) in [5.41, 5.74) is 5.84. The van der Waals surface area contributed by atoms with Crippen LogP contribution in [0, 0.1) is 0 Å². The summed E-state index contributed by atoms with van der Waals surface area (Å²) in [6.45, 7) is 5.09. The lowest BCUT2D eigenvalue weighted by atomic mass is 9.98. The Hall–Kier alpha value is -1.01. The van der Waals surface area contributed by atoms with Crippen LogP contribution in [0.4, 0.5) is 10.8 Å². The highest BCUT2D eigenvalue weighted by molar-refractivity contribution is 7.11. The Bertz CT molecular complexity index is 436. The number of hydrogen-bond acceptors (Lipinski definition) is 6. The summed E-state index contributed by atoms with van der Waals surface area (Å²) in [6, 6.07) is 1.30. The summed E-state index contributed by atoms with van der Waals surface area (Å²) in [5, 5.41) is 4.59. The summed E-state index contributed by atoms with van der Waals surface area (Å²) in [7, 11) is 0. The van der Waals surface area contributed by atoms with E-state index >= 15 is 0 Å². The van der Waals surface area contributed by atoms with Crippen LogP contribution in [-0.4, -0.2) is 41.1 Å². The van der Waals surface area contributed by atoms with Crippen molar-refractivity contribution in [3.63, 3.8) is 0 Å². The lowest BCUT2D eigenvalue weighted by molar-refractivity contribution is 0.188. The molecule has 0 bridgehead atoms. The molecule has 0 amide bonds. The fourth-order valence-electron chi connectivity index (χ4n) is 3.21. The van der Waals surface area contributed by atoms with Crippen molar-refractivity contribution in [1.82, 2.24) is 9.27 Å². The van der Waals surface area contributed by atoms with Crippen LogP contribution < -0.4 is 15.8 Å². The molecule has 1 aromatic heterocycles. The van der Waals surface area contributed by atoms with Gasteiger partial charge in [-0.1, -0.05) is 0 Å². The van der Waals surface area contributed by atoms with Crippen LogP contribution in [0.1, 0.15) is 32.6 Å². The molecule has 0 saturated carbocycles. The van der Waals surface area contributed by atoms with Crippen LogP contribution in [0.2, 0.25) is 0 Å². The first kappa shape index (κ1) is 13.0. The minimum Gasteiger partial charge on any atom is -0.487 e. The van der Waals surface area contributed by atoms with E-state index in [2.05, 4.69) is 14.6 Å². The average Bonchev–Trinajstić information content (AvgIpc) is 2.99. The van der Waals surface area contributed by atoms with Crippen molar-refractivity contribution in [2.24, 2.45) is 0 Å². The van der Waals surface area contributed by atoms with Gasteiger partial charge in [0, 0.05) is 18.6 Å². The number of fused-ring (bicyclic) bond motifs is 1. The largest absolute Gasteiger partial charge is 0.487 e. The minimum absolute atomic E-state index is 0.507. The summed E-state index contributed by atoms with van der Waals surface area (Å²) < 4.78 is 9.77. The van der Waals surface area contributed by atoms with E-state index < -0.39 is 0 Å². The van der Waals surface area contributed by atoms with Gasteiger partial charge in [0.1, 0.15) is 0 Å². The monoisotopic (exact) mass is 282 g/mol. The molecule has 106 valence electrons. The van der Waals surface area contributed by atoms with E-state index in [0.29, 0.717) is 18.5 Å². The molecule has 0 radical (unpaired) electrons. The highest BCUT2D eigenvalue weighted by atomic mass is 32.1. The van der Waals surface area contributed by atoms with Crippen LogP contribution in [0.3, 0.4) is 0 Å². The third-order valence-electron chi connectivity index (χ3n) is 4.12. The van der Waals surface area contributed by atoms with Gasteiger partial charge in [-0.05, 0) is 50.7 Å². The van der Waals surface area contributed by atoms with E-state index in [1.54, 1.807) is 0 Å². The molecule has 2 fully saturated rings. The Morgan fingerprint density at radius 3 is 3.21 bits per heavy atom.